The number of carbonyl (C=O) groups excluding carboxylic acids is 2. The van der Waals surface area contributed by atoms with Crippen molar-refractivity contribution in [3.8, 4) is 5.69 Å². The number of thiophene rings is 1. The predicted molar refractivity (Wildman–Crippen MR) is 122 cm³/mol. The summed E-state index contributed by atoms with van der Waals surface area (Å²) in [5.41, 5.74) is 3.85. The summed E-state index contributed by atoms with van der Waals surface area (Å²) in [6, 6.07) is 9.74. The molecule has 9 heteroatoms. The Bertz CT molecular complexity index is 1280. The molecule has 0 radical (unpaired) electrons. The molecule has 4 rings (SSSR count). The number of Topliss-reactive ketones (excluding diaryl/α,β-unsaturated/α-hetero) is 1. The van der Waals surface area contributed by atoms with Crippen LogP contribution in [-0.2, 0) is 27.6 Å². The number of fused-ring (bicyclic) bond motifs is 1. The largest absolute Gasteiger partial charge is 0.453 e. The number of ketones is 1. The van der Waals surface area contributed by atoms with E-state index in [0.717, 1.165) is 31.4 Å². The average molecular weight is 473 g/mol. The van der Waals surface area contributed by atoms with Crippen LogP contribution in [0.4, 0.5) is 0 Å². The summed E-state index contributed by atoms with van der Waals surface area (Å²) in [5.74, 6) is -0.759. The fourth-order valence-electron chi connectivity index (χ4n) is 4.10. The Morgan fingerprint density at radius 1 is 1.09 bits per heavy atom. The Kier molecular flexibility index (Phi) is 6.07. The molecule has 7 nitrogen and oxygen atoms in total. The van der Waals surface area contributed by atoms with Crippen molar-refractivity contribution in [2.75, 3.05) is 6.61 Å². The van der Waals surface area contributed by atoms with E-state index in [1.165, 1.54) is 33.9 Å². The zero-order valence-corrected chi connectivity index (χ0v) is 19.5. The number of nitrogens with zero attached hydrogens (tertiary/aromatic N) is 1. The highest BCUT2D eigenvalue weighted by Gasteiger charge is 2.21. The molecule has 1 aliphatic carbocycles. The third-order valence-electron chi connectivity index (χ3n) is 5.69. The van der Waals surface area contributed by atoms with Crippen LogP contribution in [0.2, 0.25) is 0 Å². The van der Waals surface area contributed by atoms with E-state index in [0.29, 0.717) is 21.8 Å². The number of aromatic nitrogens is 1. The van der Waals surface area contributed by atoms with Crippen LogP contribution in [-0.4, -0.2) is 31.3 Å². The fraction of sp³-hybridized carbons (Fsp3) is 0.304. The normalized spacial score (nSPS) is 13.6. The number of primary sulfonamides is 1. The second-order valence-corrected chi connectivity index (χ2v) is 10.6. The van der Waals surface area contributed by atoms with Crippen LogP contribution < -0.4 is 5.14 Å². The maximum atomic E-state index is 12.8. The highest BCUT2D eigenvalue weighted by molar-refractivity contribution is 7.89. The van der Waals surface area contributed by atoms with Crippen LogP contribution >= 0.6 is 11.3 Å². The van der Waals surface area contributed by atoms with E-state index in [9.17, 15) is 18.0 Å². The van der Waals surface area contributed by atoms with Crippen molar-refractivity contribution in [3.63, 3.8) is 0 Å². The maximum absolute atomic E-state index is 12.8. The maximum Gasteiger partial charge on any atom is 0.348 e. The van der Waals surface area contributed by atoms with Gasteiger partial charge in [0.05, 0.1) is 4.90 Å². The lowest BCUT2D eigenvalue weighted by Crippen LogP contribution is -2.14. The molecular formula is C23H24N2O5S2. The van der Waals surface area contributed by atoms with Crippen molar-refractivity contribution in [1.29, 1.82) is 0 Å². The van der Waals surface area contributed by atoms with Crippen molar-refractivity contribution < 1.29 is 22.7 Å². The standard InChI is InChI=1S/C23H24N2O5S2/c1-14-11-19(15(2)25(14)17-7-9-18(10-8-17)32(24,28)29)20(26)13-30-23(27)22-12-16-5-3-4-6-21(16)31-22/h7-12H,3-6,13H2,1-2H3,(H2,24,28,29). The number of hydrogen-bond donors (Lipinski definition) is 1. The van der Waals surface area contributed by atoms with Gasteiger partial charge >= 0.3 is 5.97 Å². The molecule has 0 bridgehead atoms. The van der Waals surface area contributed by atoms with Gasteiger partial charge in [0.15, 0.2) is 6.61 Å². The van der Waals surface area contributed by atoms with Crippen molar-refractivity contribution in [2.24, 2.45) is 5.14 Å². The molecule has 2 heterocycles. The van der Waals surface area contributed by atoms with Crippen LogP contribution in [0.1, 0.15) is 54.7 Å². The van der Waals surface area contributed by atoms with Gasteiger partial charge in [-0.25, -0.2) is 18.4 Å². The molecule has 0 saturated heterocycles. The van der Waals surface area contributed by atoms with Crippen molar-refractivity contribution in [3.05, 3.63) is 68.7 Å². The van der Waals surface area contributed by atoms with Gasteiger partial charge in [0.2, 0.25) is 15.8 Å². The van der Waals surface area contributed by atoms with Gasteiger partial charge in [-0.15, -0.1) is 11.3 Å². The van der Waals surface area contributed by atoms with Gasteiger partial charge in [0.1, 0.15) is 4.88 Å². The lowest BCUT2D eigenvalue weighted by molar-refractivity contribution is 0.0479. The van der Waals surface area contributed by atoms with E-state index in [-0.39, 0.29) is 17.3 Å². The van der Waals surface area contributed by atoms with Crippen LogP contribution in [0, 0.1) is 13.8 Å². The Hall–Kier alpha value is -2.75. The van der Waals surface area contributed by atoms with E-state index >= 15 is 0 Å². The molecule has 0 saturated carbocycles. The number of benzene rings is 1. The molecule has 2 aromatic heterocycles. The number of hydrogen-bond acceptors (Lipinski definition) is 6. The lowest BCUT2D eigenvalue weighted by atomic mass is 9.99. The first-order valence-corrected chi connectivity index (χ1v) is 12.7. The molecule has 2 N–H and O–H groups in total. The number of nitrogens with two attached hydrogens (primary N) is 1. The number of rotatable bonds is 6. The molecule has 0 fully saturated rings. The minimum atomic E-state index is -3.78. The van der Waals surface area contributed by atoms with E-state index in [1.807, 2.05) is 17.6 Å². The quantitative estimate of drug-likeness (QED) is 0.434. The molecule has 3 aromatic rings. The highest BCUT2D eigenvalue weighted by Crippen LogP contribution is 2.30. The number of aryl methyl sites for hydroxylation is 3. The molecule has 168 valence electrons. The Morgan fingerprint density at radius 2 is 1.78 bits per heavy atom. The Morgan fingerprint density at radius 3 is 2.44 bits per heavy atom. The molecule has 0 amide bonds. The van der Waals surface area contributed by atoms with Crippen molar-refractivity contribution in [1.82, 2.24) is 4.57 Å². The second-order valence-electron chi connectivity index (χ2n) is 7.92. The summed E-state index contributed by atoms with van der Waals surface area (Å²) in [5, 5.41) is 5.16. The second kappa shape index (κ2) is 8.65. The van der Waals surface area contributed by atoms with Gasteiger partial charge < -0.3 is 9.30 Å². The van der Waals surface area contributed by atoms with Gasteiger partial charge in [-0.05, 0) is 81.5 Å². The smallest absolute Gasteiger partial charge is 0.348 e. The zero-order chi connectivity index (χ0) is 23.0. The third kappa shape index (κ3) is 4.41. The minimum Gasteiger partial charge on any atom is -0.453 e. The van der Waals surface area contributed by atoms with Crippen LogP contribution in [0.5, 0.6) is 0 Å². The molecule has 0 unspecified atom stereocenters. The minimum absolute atomic E-state index is 0.0159. The molecule has 1 aromatic carbocycles. The van der Waals surface area contributed by atoms with E-state index in [2.05, 4.69) is 0 Å². The fourth-order valence-corrected chi connectivity index (χ4v) is 5.76. The lowest BCUT2D eigenvalue weighted by Gasteiger charge is -2.10. The zero-order valence-electron chi connectivity index (χ0n) is 17.9. The van der Waals surface area contributed by atoms with E-state index < -0.39 is 16.0 Å². The first kappa shape index (κ1) is 22.4. The summed E-state index contributed by atoms with van der Waals surface area (Å²) in [6.45, 7) is 3.30. The predicted octanol–water partition coefficient (Wildman–Crippen LogP) is 3.72. The summed E-state index contributed by atoms with van der Waals surface area (Å²) in [7, 11) is -3.78. The third-order valence-corrected chi connectivity index (χ3v) is 7.83. The molecule has 0 aliphatic heterocycles. The molecule has 0 spiro atoms. The molecular weight excluding hydrogens is 448 g/mol. The first-order chi connectivity index (χ1) is 15.1. The topological polar surface area (TPSA) is 108 Å². The number of sulfonamides is 1. The van der Waals surface area contributed by atoms with Crippen LogP contribution in [0.25, 0.3) is 5.69 Å². The summed E-state index contributed by atoms with van der Waals surface area (Å²) in [4.78, 5) is 27.1. The van der Waals surface area contributed by atoms with Gasteiger partial charge in [0, 0.05) is 27.5 Å². The van der Waals surface area contributed by atoms with Crippen LogP contribution in [0.3, 0.4) is 0 Å². The highest BCUT2D eigenvalue weighted by atomic mass is 32.2. The van der Waals surface area contributed by atoms with E-state index in [1.54, 1.807) is 25.1 Å². The summed E-state index contributed by atoms with van der Waals surface area (Å²) >= 11 is 1.46. The molecule has 1 aliphatic rings. The van der Waals surface area contributed by atoms with E-state index in [4.69, 9.17) is 9.88 Å². The average Bonchev–Trinajstić information content (AvgIpc) is 3.32. The number of ether oxygens (including phenoxy) is 1. The SMILES string of the molecule is Cc1cc(C(=O)COC(=O)c2cc3c(s2)CCCC3)c(C)n1-c1ccc(S(N)(=O)=O)cc1. The van der Waals surface area contributed by atoms with Crippen LogP contribution in [0.15, 0.2) is 41.3 Å². The Labute approximate surface area is 190 Å². The molecule has 32 heavy (non-hydrogen) atoms. The van der Waals surface area contributed by atoms with Crippen molar-refractivity contribution >= 4 is 33.1 Å². The summed E-state index contributed by atoms with van der Waals surface area (Å²) in [6.07, 6.45) is 4.26. The van der Waals surface area contributed by atoms with Crippen molar-refractivity contribution in [2.45, 2.75) is 44.4 Å². The Balaban J connectivity index is 1.49. The number of carbonyl (C=O) groups is 2. The van der Waals surface area contributed by atoms with Gasteiger partial charge in [-0.2, -0.15) is 0 Å². The summed E-state index contributed by atoms with van der Waals surface area (Å²) < 4.78 is 30.1. The monoisotopic (exact) mass is 472 g/mol. The first-order valence-electron chi connectivity index (χ1n) is 10.3. The number of esters is 1. The van der Waals surface area contributed by atoms with Gasteiger partial charge in [-0.1, -0.05) is 0 Å². The molecule has 0 atom stereocenters. The van der Waals surface area contributed by atoms with Gasteiger partial charge in [0.25, 0.3) is 0 Å². The van der Waals surface area contributed by atoms with Gasteiger partial charge in [-0.3, -0.25) is 4.79 Å².